The van der Waals surface area contributed by atoms with Crippen molar-refractivity contribution in [2.75, 3.05) is 19.7 Å². The van der Waals surface area contributed by atoms with Crippen molar-refractivity contribution in [2.24, 2.45) is 16.8 Å². The second-order valence-corrected chi connectivity index (χ2v) is 8.77. The molecule has 3 aliphatic rings. The molecule has 0 amide bonds. The highest BCUT2D eigenvalue weighted by Gasteiger charge is 2.41. The topological polar surface area (TPSA) is 45.7 Å². The number of nitrogens with one attached hydrogen (secondary N) is 2. The molecule has 0 aromatic carbocycles. The van der Waals surface area contributed by atoms with Crippen LogP contribution >= 0.6 is 17.0 Å². The molecule has 4 nitrogen and oxygen atoms in total. The van der Waals surface area contributed by atoms with Crippen LogP contribution in [0, 0.1) is 11.8 Å². The maximum absolute atomic E-state index is 6.17. The van der Waals surface area contributed by atoms with E-state index in [2.05, 4.69) is 38.3 Å². The lowest BCUT2D eigenvalue weighted by Crippen LogP contribution is -2.49. The van der Waals surface area contributed by atoms with Gasteiger partial charge in [0.05, 0.1) is 18.8 Å². The fourth-order valence-electron chi connectivity index (χ4n) is 3.87. The molecule has 26 heavy (non-hydrogen) atoms. The first-order valence-corrected chi connectivity index (χ1v) is 10.7. The third-order valence-electron chi connectivity index (χ3n) is 5.72. The van der Waals surface area contributed by atoms with Gasteiger partial charge in [-0.05, 0) is 50.9 Å². The van der Waals surface area contributed by atoms with Crippen LogP contribution in [0.25, 0.3) is 0 Å². The number of nitrogens with zero attached hydrogens (tertiary/aromatic N) is 1. The van der Waals surface area contributed by atoms with E-state index in [-0.39, 0.29) is 22.6 Å². The zero-order chi connectivity index (χ0) is 18.1. The van der Waals surface area contributed by atoms with E-state index in [1.807, 2.05) is 0 Å². The Morgan fingerprint density at radius 2 is 1.88 bits per heavy atom. The average molecular weight is 432 g/mol. The van der Waals surface area contributed by atoms with Gasteiger partial charge in [-0.2, -0.15) is 0 Å². The molecule has 1 unspecified atom stereocenters. The first kappa shape index (κ1) is 23.7. The highest BCUT2D eigenvalue weighted by molar-refractivity contribution is 8.93. The van der Waals surface area contributed by atoms with Gasteiger partial charge in [-0.3, -0.25) is 4.99 Å². The van der Waals surface area contributed by atoms with Gasteiger partial charge in [0, 0.05) is 12.6 Å². The zero-order valence-corrected chi connectivity index (χ0v) is 19.2. The van der Waals surface area contributed by atoms with E-state index in [4.69, 9.17) is 9.73 Å². The molecule has 2 heterocycles. The van der Waals surface area contributed by atoms with Crippen molar-refractivity contribution < 1.29 is 4.74 Å². The Hall–Kier alpha value is -0.290. The van der Waals surface area contributed by atoms with E-state index in [1.165, 1.54) is 57.8 Å². The van der Waals surface area contributed by atoms with Crippen LogP contribution in [0.1, 0.15) is 85.5 Å². The number of rotatable bonds is 10. The molecule has 2 saturated heterocycles. The van der Waals surface area contributed by atoms with Gasteiger partial charge in [0.2, 0.25) is 0 Å². The first-order valence-electron chi connectivity index (χ1n) is 10.7. The molecule has 1 saturated carbocycles. The summed E-state index contributed by atoms with van der Waals surface area (Å²) in [5, 5.41) is 7.15. The normalized spacial score (nSPS) is 26.5. The van der Waals surface area contributed by atoms with Crippen LogP contribution in [-0.2, 0) is 4.74 Å². The molecule has 154 valence electrons. The SMILES string of the molecule is Br.CCCCCCC(C)NC(=NCC12CCC(CC1)CO2)NCC(C)C. The Bertz CT molecular complexity index is 392. The van der Waals surface area contributed by atoms with Crippen LogP contribution in [0.5, 0.6) is 0 Å². The lowest BCUT2D eigenvalue weighted by Gasteiger charge is -2.45. The zero-order valence-electron chi connectivity index (χ0n) is 17.5. The number of unbranched alkanes of at least 4 members (excludes halogenated alkanes) is 3. The van der Waals surface area contributed by atoms with Crippen molar-refractivity contribution in [3.63, 3.8) is 0 Å². The van der Waals surface area contributed by atoms with Crippen LogP contribution < -0.4 is 10.6 Å². The summed E-state index contributed by atoms with van der Waals surface area (Å²) >= 11 is 0. The Kier molecular flexibility index (Phi) is 11.2. The summed E-state index contributed by atoms with van der Waals surface area (Å²) < 4.78 is 6.17. The first-order chi connectivity index (χ1) is 12.0. The van der Waals surface area contributed by atoms with Gasteiger partial charge >= 0.3 is 0 Å². The van der Waals surface area contributed by atoms with Crippen LogP contribution in [-0.4, -0.2) is 37.3 Å². The fourth-order valence-corrected chi connectivity index (χ4v) is 3.87. The van der Waals surface area contributed by atoms with Crippen molar-refractivity contribution in [2.45, 2.75) is 97.1 Å². The number of ether oxygens (including phenoxy) is 1. The van der Waals surface area contributed by atoms with Crippen molar-refractivity contribution in [3.05, 3.63) is 0 Å². The lowest BCUT2D eigenvalue weighted by molar-refractivity contribution is -0.137. The largest absolute Gasteiger partial charge is 0.373 e. The van der Waals surface area contributed by atoms with Gasteiger partial charge < -0.3 is 15.4 Å². The van der Waals surface area contributed by atoms with E-state index in [0.717, 1.165) is 31.6 Å². The maximum atomic E-state index is 6.17. The summed E-state index contributed by atoms with van der Waals surface area (Å²) in [6.07, 6.45) is 11.5. The summed E-state index contributed by atoms with van der Waals surface area (Å²) in [6, 6.07) is 0.468. The highest BCUT2D eigenvalue weighted by Crippen LogP contribution is 2.41. The van der Waals surface area contributed by atoms with Crippen LogP contribution in [0.4, 0.5) is 0 Å². The van der Waals surface area contributed by atoms with Crippen LogP contribution in [0.2, 0.25) is 0 Å². The Morgan fingerprint density at radius 1 is 1.15 bits per heavy atom. The van der Waals surface area contributed by atoms with Crippen LogP contribution in [0.3, 0.4) is 0 Å². The Balaban J connectivity index is 0.00000338. The smallest absolute Gasteiger partial charge is 0.191 e. The number of halogens is 1. The Labute approximate surface area is 172 Å². The van der Waals surface area contributed by atoms with E-state index in [9.17, 15) is 0 Å². The van der Waals surface area contributed by atoms with E-state index in [0.29, 0.717) is 12.0 Å². The number of guanidine groups is 1. The minimum atomic E-state index is 0. The number of aliphatic imine (C=N–C) groups is 1. The summed E-state index contributed by atoms with van der Waals surface area (Å²) in [7, 11) is 0. The molecule has 0 spiro atoms. The van der Waals surface area contributed by atoms with Crippen molar-refractivity contribution in [1.82, 2.24) is 10.6 Å². The molecular weight excluding hydrogens is 390 g/mol. The summed E-state index contributed by atoms with van der Waals surface area (Å²) in [4.78, 5) is 4.94. The molecule has 0 radical (unpaired) electrons. The molecule has 2 aliphatic heterocycles. The highest BCUT2D eigenvalue weighted by atomic mass is 79.9. The number of hydrogen-bond donors (Lipinski definition) is 2. The van der Waals surface area contributed by atoms with Gasteiger partial charge in [-0.15, -0.1) is 17.0 Å². The molecule has 2 bridgehead atoms. The van der Waals surface area contributed by atoms with Gasteiger partial charge in [0.1, 0.15) is 0 Å². The molecule has 1 atom stereocenters. The second kappa shape index (κ2) is 12.2. The second-order valence-electron chi connectivity index (χ2n) is 8.77. The average Bonchev–Trinajstić information content (AvgIpc) is 2.62. The predicted molar refractivity (Wildman–Crippen MR) is 117 cm³/mol. The molecule has 3 fully saturated rings. The van der Waals surface area contributed by atoms with E-state index < -0.39 is 0 Å². The number of hydrogen-bond acceptors (Lipinski definition) is 2. The third-order valence-corrected chi connectivity index (χ3v) is 5.72. The molecule has 1 aliphatic carbocycles. The molecule has 0 aromatic heterocycles. The summed E-state index contributed by atoms with van der Waals surface area (Å²) in [6.45, 7) is 11.7. The molecule has 2 N–H and O–H groups in total. The lowest BCUT2D eigenvalue weighted by atomic mass is 9.76. The Morgan fingerprint density at radius 3 is 2.46 bits per heavy atom. The minimum absolute atomic E-state index is 0. The monoisotopic (exact) mass is 431 g/mol. The summed E-state index contributed by atoms with van der Waals surface area (Å²) in [5.41, 5.74) is 0.0194. The fraction of sp³-hybridized carbons (Fsp3) is 0.952. The van der Waals surface area contributed by atoms with Crippen molar-refractivity contribution in [1.29, 1.82) is 0 Å². The van der Waals surface area contributed by atoms with Gasteiger partial charge in [-0.1, -0.05) is 46.5 Å². The van der Waals surface area contributed by atoms with Gasteiger partial charge in [0.15, 0.2) is 5.96 Å². The van der Waals surface area contributed by atoms with E-state index >= 15 is 0 Å². The molecule has 0 aromatic rings. The third kappa shape index (κ3) is 8.16. The number of fused-ring (bicyclic) bond motifs is 3. The predicted octanol–water partition coefficient (Wildman–Crippen LogP) is 5.07. The quantitative estimate of drug-likeness (QED) is 0.288. The molecule has 5 heteroatoms. The molecule has 3 rings (SSSR count). The maximum Gasteiger partial charge on any atom is 0.191 e. The van der Waals surface area contributed by atoms with Gasteiger partial charge in [-0.25, -0.2) is 0 Å². The van der Waals surface area contributed by atoms with Gasteiger partial charge in [0.25, 0.3) is 0 Å². The van der Waals surface area contributed by atoms with Crippen molar-refractivity contribution >= 4 is 22.9 Å². The van der Waals surface area contributed by atoms with Crippen molar-refractivity contribution in [3.8, 4) is 0 Å². The summed E-state index contributed by atoms with van der Waals surface area (Å²) in [5.74, 6) is 2.40. The standard InChI is InChI=1S/C21H41N3O.BrH/c1-5-6-7-8-9-18(4)24-20(22-14-17(2)3)23-16-21-12-10-19(11-13-21)15-25-21;/h17-19H,5-16H2,1-4H3,(H2,22,23,24);1H. The van der Waals surface area contributed by atoms with Crippen LogP contribution in [0.15, 0.2) is 4.99 Å². The molecular formula is C21H42BrN3O. The minimum Gasteiger partial charge on any atom is -0.373 e. The van der Waals surface area contributed by atoms with E-state index in [1.54, 1.807) is 0 Å².